The normalized spacial score (nSPS) is 12.5. The van der Waals surface area contributed by atoms with Crippen LogP contribution in [0.15, 0.2) is 24.3 Å². The number of aliphatic carboxylic acids is 1. The summed E-state index contributed by atoms with van der Waals surface area (Å²) in [6.07, 6.45) is 0.238. The third kappa shape index (κ3) is 2.54. The van der Waals surface area contributed by atoms with E-state index in [2.05, 4.69) is 0 Å². The molecular weight excluding hydrogens is 171 g/mol. The zero-order chi connectivity index (χ0) is 9.84. The van der Waals surface area contributed by atoms with Crippen LogP contribution in [-0.4, -0.2) is 11.1 Å². The Bertz CT molecular complexity index is 310. The summed E-state index contributed by atoms with van der Waals surface area (Å²) < 4.78 is 13.0. The molecule has 0 aliphatic rings. The largest absolute Gasteiger partial charge is 0.481 e. The van der Waals surface area contributed by atoms with Crippen molar-refractivity contribution in [1.82, 2.24) is 0 Å². The van der Waals surface area contributed by atoms with Gasteiger partial charge in [-0.2, -0.15) is 0 Å². The SMILES string of the molecule is CC(Cc1ccccc1F)C(=O)O. The van der Waals surface area contributed by atoms with E-state index in [1.165, 1.54) is 6.07 Å². The molecule has 0 fully saturated rings. The summed E-state index contributed by atoms with van der Waals surface area (Å²) >= 11 is 0. The molecule has 0 spiro atoms. The maximum absolute atomic E-state index is 13.0. The lowest BCUT2D eigenvalue weighted by Crippen LogP contribution is -2.12. The van der Waals surface area contributed by atoms with Gasteiger partial charge in [0.25, 0.3) is 0 Å². The molecule has 2 nitrogen and oxygen atoms in total. The molecule has 0 heterocycles. The number of carbonyl (C=O) groups is 1. The van der Waals surface area contributed by atoms with E-state index in [0.717, 1.165) is 0 Å². The lowest BCUT2D eigenvalue weighted by molar-refractivity contribution is -0.141. The molecule has 0 bridgehead atoms. The molecule has 0 aromatic heterocycles. The molecule has 3 heteroatoms. The van der Waals surface area contributed by atoms with Gasteiger partial charge in [-0.05, 0) is 18.1 Å². The molecular formula is C10H11FO2. The summed E-state index contributed by atoms with van der Waals surface area (Å²) in [7, 11) is 0. The van der Waals surface area contributed by atoms with Crippen LogP contribution in [0, 0.1) is 11.7 Å². The van der Waals surface area contributed by atoms with Gasteiger partial charge in [-0.15, -0.1) is 0 Å². The van der Waals surface area contributed by atoms with Gasteiger partial charge in [0.15, 0.2) is 0 Å². The highest BCUT2D eigenvalue weighted by Gasteiger charge is 2.13. The van der Waals surface area contributed by atoms with Crippen molar-refractivity contribution < 1.29 is 14.3 Å². The second-order valence-electron chi connectivity index (χ2n) is 3.03. The smallest absolute Gasteiger partial charge is 0.306 e. The molecule has 0 saturated heterocycles. The van der Waals surface area contributed by atoms with Crippen LogP contribution in [0.4, 0.5) is 4.39 Å². The maximum atomic E-state index is 13.0. The molecule has 0 radical (unpaired) electrons. The molecule has 70 valence electrons. The van der Waals surface area contributed by atoms with E-state index in [4.69, 9.17) is 5.11 Å². The van der Waals surface area contributed by atoms with E-state index < -0.39 is 11.9 Å². The zero-order valence-electron chi connectivity index (χ0n) is 7.33. The number of carboxylic acid groups (broad SMARTS) is 1. The maximum Gasteiger partial charge on any atom is 0.306 e. The van der Waals surface area contributed by atoms with Crippen LogP contribution >= 0.6 is 0 Å². The summed E-state index contributed by atoms with van der Waals surface area (Å²) in [4.78, 5) is 10.5. The van der Waals surface area contributed by atoms with Gasteiger partial charge < -0.3 is 5.11 Å². The monoisotopic (exact) mass is 182 g/mol. The molecule has 1 unspecified atom stereocenters. The van der Waals surface area contributed by atoms with Crippen molar-refractivity contribution in [3.8, 4) is 0 Å². The second kappa shape index (κ2) is 4.03. The minimum Gasteiger partial charge on any atom is -0.481 e. The van der Waals surface area contributed by atoms with Crippen LogP contribution < -0.4 is 0 Å². The topological polar surface area (TPSA) is 37.3 Å². The number of carboxylic acids is 1. The summed E-state index contributed by atoms with van der Waals surface area (Å²) in [5.74, 6) is -1.78. The second-order valence-corrected chi connectivity index (χ2v) is 3.03. The van der Waals surface area contributed by atoms with Crippen molar-refractivity contribution in [1.29, 1.82) is 0 Å². The lowest BCUT2D eigenvalue weighted by Gasteiger charge is -2.06. The third-order valence-corrected chi connectivity index (χ3v) is 1.91. The minimum absolute atomic E-state index is 0.238. The Hall–Kier alpha value is -1.38. The van der Waals surface area contributed by atoms with Crippen molar-refractivity contribution in [3.05, 3.63) is 35.6 Å². The van der Waals surface area contributed by atoms with Crippen molar-refractivity contribution in [3.63, 3.8) is 0 Å². The van der Waals surface area contributed by atoms with E-state index in [-0.39, 0.29) is 12.2 Å². The van der Waals surface area contributed by atoms with E-state index in [9.17, 15) is 9.18 Å². The van der Waals surface area contributed by atoms with Crippen molar-refractivity contribution in [2.45, 2.75) is 13.3 Å². The Kier molecular flexibility index (Phi) is 3.01. The first kappa shape index (κ1) is 9.71. The first-order chi connectivity index (χ1) is 6.11. The highest BCUT2D eigenvalue weighted by Crippen LogP contribution is 2.12. The van der Waals surface area contributed by atoms with Crippen LogP contribution in [0.1, 0.15) is 12.5 Å². The Labute approximate surface area is 76.0 Å². The Morgan fingerprint density at radius 3 is 2.69 bits per heavy atom. The summed E-state index contributed by atoms with van der Waals surface area (Å²) in [6.45, 7) is 1.56. The predicted molar refractivity (Wildman–Crippen MR) is 46.9 cm³/mol. The molecule has 0 aliphatic carbocycles. The predicted octanol–water partition coefficient (Wildman–Crippen LogP) is 2.09. The quantitative estimate of drug-likeness (QED) is 0.777. The van der Waals surface area contributed by atoms with Crippen LogP contribution in [0.2, 0.25) is 0 Å². The molecule has 13 heavy (non-hydrogen) atoms. The summed E-state index contributed by atoms with van der Waals surface area (Å²) in [5.41, 5.74) is 0.456. The Morgan fingerprint density at radius 2 is 2.15 bits per heavy atom. The first-order valence-corrected chi connectivity index (χ1v) is 4.07. The fourth-order valence-electron chi connectivity index (χ4n) is 1.08. The lowest BCUT2D eigenvalue weighted by atomic mass is 10.0. The fourth-order valence-corrected chi connectivity index (χ4v) is 1.08. The van der Waals surface area contributed by atoms with Gasteiger partial charge in [0, 0.05) is 0 Å². The average molecular weight is 182 g/mol. The van der Waals surface area contributed by atoms with Crippen molar-refractivity contribution in [2.24, 2.45) is 5.92 Å². The molecule has 1 N–H and O–H groups in total. The van der Waals surface area contributed by atoms with Gasteiger partial charge in [0.1, 0.15) is 5.82 Å². The van der Waals surface area contributed by atoms with Gasteiger partial charge in [0.2, 0.25) is 0 Å². The van der Waals surface area contributed by atoms with Crippen LogP contribution in [0.3, 0.4) is 0 Å². The Balaban J connectivity index is 2.74. The number of hydrogen-bond donors (Lipinski definition) is 1. The standard InChI is InChI=1S/C10H11FO2/c1-7(10(12)13)6-8-4-2-3-5-9(8)11/h2-5,7H,6H2,1H3,(H,12,13). The highest BCUT2D eigenvalue weighted by molar-refractivity contribution is 5.69. The van der Waals surface area contributed by atoms with Gasteiger partial charge >= 0.3 is 5.97 Å². The fraction of sp³-hybridized carbons (Fsp3) is 0.300. The highest BCUT2D eigenvalue weighted by atomic mass is 19.1. The number of halogens is 1. The molecule has 0 aliphatic heterocycles. The van der Waals surface area contributed by atoms with Crippen LogP contribution in [0.5, 0.6) is 0 Å². The molecule has 0 amide bonds. The molecule has 1 aromatic rings. The van der Waals surface area contributed by atoms with Crippen molar-refractivity contribution in [2.75, 3.05) is 0 Å². The minimum atomic E-state index is -0.900. The van der Waals surface area contributed by atoms with Gasteiger partial charge in [-0.25, -0.2) is 4.39 Å². The number of benzene rings is 1. The van der Waals surface area contributed by atoms with Gasteiger partial charge in [-0.3, -0.25) is 4.79 Å². The van der Waals surface area contributed by atoms with Crippen LogP contribution in [-0.2, 0) is 11.2 Å². The first-order valence-electron chi connectivity index (χ1n) is 4.07. The number of hydrogen-bond acceptors (Lipinski definition) is 1. The van der Waals surface area contributed by atoms with Crippen LogP contribution in [0.25, 0.3) is 0 Å². The van der Waals surface area contributed by atoms with E-state index in [1.54, 1.807) is 25.1 Å². The molecule has 0 saturated carbocycles. The van der Waals surface area contributed by atoms with Gasteiger partial charge in [-0.1, -0.05) is 25.1 Å². The zero-order valence-corrected chi connectivity index (χ0v) is 7.33. The van der Waals surface area contributed by atoms with E-state index >= 15 is 0 Å². The Morgan fingerprint density at radius 1 is 1.54 bits per heavy atom. The third-order valence-electron chi connectivity index (χ3n) is 1.91. The summed E-state index contributed by atoms with van der Waals surface area (Å²) in [6, 6.07) is 6.23. The molecule has 1 aromatic carbocycles. The average Bonchev–Trinajstić information content (AvgIpc) is 2.08. The molecule has 1 rings (SSSR count). The molecule has 1 atom stereocenters. The van der Waals surface area contributed by atoms with Crippen molar-refractivity contribution >= 4 is 5.97 Å². The van der Waals surface area contributed by atoms with E-state index in [0.29, 0.717) is 5.56 Å². The van der Waals surface area contributed by atoms with Gasteiger partial charge in [0.05, 0.1) is 5.92 Å². The number of rotatable bonds is 3. The van der Waals surface area contributed by atoms with E-state index in [1.807, 2.05) is 0 Å². The summed E-state index contributed by atoms with van der Waals surface area (Å²) in [5, 5.41) is 8.61.